The zero-order valence-electron chi connectivity index (χ0n) is 15.8. The molecule has 0 aliphatic carbocycles. The molecule has 0 spiro atoms. The van der Waals surface area contributed by atoms with E-state index >= 15 is 0 Å². The maximum Gasteiger partial charge on any atom is 0.134 e. The highest BCUT2D eigenvalue weighted by atomic mass is 127. The molecule has 3 heteroatoms. The number of halogens is 1. The lowest BCUT2D eigenvalue weighted by Crippen LogP contribution is -2.22. The van der Waals surface area contributed by atoms with Crippen LogP contribution < -0.4 is 0 Å². The van der Waals surface area contributed by atoms with Gasteiger partial charge in [0.1, 0.15) is 5.78 Å². The summed E-state index contributed by atoms with van der Waals surface area (Å²) in [6, 6.07) is 20.9. The zero-order valence-corrected chi connectivity index (χ0v) is 17.9. The number of likely N-dealkylation sites (tertiary alicyclic amines) is 1. The zero-order chi connectivity index (χ0) is 18.7. The number of benzene rings is 2. The number of nitrogens with zero attached hydrogens (tertiary/aromatic N) is 1. The Bertz CT molecular complexity index is 600. The van der Waals surface area contributed by atoms with Crippen molar-refractivity contribution in [1.29, 1.82) is 0 Å². The molecule has 0 bridgehead atoms. The minimum absolute atomic E-state index is 0.121. The summed E-state index contributed by atoms with van der Waals surface area (Å²) in [5.41, 5.74) is 2.60. The first-order chi connectivity index (χ1) is 12.2. The largest absolute Gasteiger partial charge is 0.300 e. The van der Waals surface area contributed by atoms with Gasteiger partial charge in [0.05, 0.1) is 0 Å². The second-order valence-electron chi connectivity index (χ2n) is 5.91. The minimum atomic E-state index is 0.121. The van der Waals surface area contributed by atoms with Crippen LogP contribution in [0.1, 0.15) is 37.8 Å². The van der Waals surface area contributed by atoms with Crippen molar-refractivity contribution in [3.05, 3.63) is 71.8 Å². The van der Waals surface area contributed by atoms with Gasteiger partial charge in [0, 0.05) is 31.5 Å². The van der Waals surface area contributed by atoms with Gasteiger partial charge in [0.2, 0.25) is 0 Å². The number of Topliss-reactive ketones (excluding diaryl/α,β-unsaturated/α-hetero) is 1. The topological polar surface area (TPSA) is 20.3 Å². The van der Waals surface area contributed by atoms with Crippen molar-refractivity contribution in [2.24, 2.45) is 5.92 Å². The minimum Gasteiger partial charge on any atom is -0.300 e. The molecule has 0 amide bonds. The lowest BCUT2D eigenvalue weighted by Gasteiger charge is -2.16. The van der Waals surface area contributed by atoms with Gasteiger partial charge >= 0.3 is 0 Å². The fourth-order valence-corrected chi connectivity index (χ4v) is 3.31. The van der Waals surface area contributed by atoms with Gasteiger partial charge in [-0.25, -0.2) is 0 Å². The van der Waals surface area contributed by atoms with Crippen LogP contribution in [0.3, 0.4) is 0 Å². The molecule has 1 aliphatic rings. The monoisotopic (exact) mass is 451 g/mol. The van der Waals surface area contributed by atoms with Crippen LogP contribution in [0.2, 0.25) is 0 Å². The molecule has 2 nitrogen and oxygen atoms in total. The van der Waals surface area contributed by atoms with Crippen molar-refractivity contribution in [2.75, 3.05) is 18.0 Å². The molecule has 3 rings (SSSR count). The Morgan fingerprint density at radius 2 is 1.48 bits per heavy atom. The first-order valence-corrected chi connectivity index (χ1v) is 11.1. The second-order valence-corrected chi connectivity index (χ2v) is 5.91. The van der Waals surface area contributed by atoms with E-state index in [0.717, 1.165) is 19.6 Å². The number of hydrogen-bond acceptors (Lipinski definition) is 2. The molecule has 2 aromatic carbocycles. The maximum atomic E-state index is 12.0. The Balaban J connectivity index is 0.000000730. The molecule has 0 unspecified atom stereocenters. The Kier molecular flexibility index (Phi) is 10.7. The van der Waals surface area contributed by atoms with Gasteiger partial charge in [-0.2, -0.15) is 0 Å². The van der Waals surface area contributed by atoms with Crippen LogP contribution in [0.4, 0.5) is 0 Å². The number of rotatable bonds is 4. The van der Waals surface area contributed by atoms with E-state index in [1.165, 1.54) is 11.1 Å². The van der Waals surface area contributed by atoms with Crippen molar-refractivity contribution < 1.29 is 4.79 Å². The predicted octanol–water partition coefficient (Wildman–Crippen LogP) is 5.57. The predicted molar refractivity (Wildman–Crippen MR) is 116 cm³/mol. The Morgan fingerprint density at radius 3 is 2.00 bits per heavy atom. The molecule has 0 N–H and O–H groups in total. The van der Waals surface area contributed by atoms with E-state index < -0.39 is 0 Å². The van der Waals surface area contributed by atoms with Crippen LogP contribution in [-0.2, 0) is 11.3 Å². The first kappa shape index (κ1) is 21.8. The van der Waals surface area contributed by atoms with Crippen molar-refractivity contribution in [3.8, 4) is 0 Å². The number of ketones is 1. The summed E-state index contributed by atoms with van der Waals surface area (Å²) in [7, 11) is 0. The standard InChI is InChI=1S/C19H21NO.C2H6.CH3I/c1-15(21)18-13-20(12-16-8-4-2-5-9-16)14-19(18)17-10-6-3-7-11-17;2*1-2/h2-11,18-19H,12-14H2,1H3;1-2H3;1H3/t18-,19-;;/m0../s1. The molecule has 25 heavy (non-hydrogen) atoms. The molecule has 2 aromatic rings. The molecule has 2 atom stereocenters. The van der Waals surface area contributed by atoms with E-state index in [-0.39, 0.29) is 5.92 Å². The van der Waals surface area contributed by atoms with Crippen LogP contribution in [0, 0.1) is 5.92 Å². The molecule has 1 aliphatic heterocycles. The summed E-state index contributed by atoms with van der Waals surface area (Å²) in [5, 5.41) is 0. The van der Waals surface area contributed by atoms with Crippen LogP contribution in [0.25, 0.3) is 0 Å². The summed E-state index contributed by atoms with van der Waals surface area (Å²) >= 11 is 2.15. The summed E-state index contributed by atoms with van der Waals surface area (Å²) in [6.45, 7) is 8.48. The average Bonchev–Trinajstić information content (AvgIpc) is 3.11. The van der Waals surface area contributed by atoms with Gasteiger partial charge in [-0.15, -0.1) is 0 Å². The van der Waals surface area contributed by atoms with E-state index in [0.29, 0.717) is 11.7 Å². The molecule has 0 saturated carbocycles. The highest BCUT2D eigenvalue weighted by Gasteiger charge is 2.36. The number of carbonyl (C=O) groups is 1. The van der Waals surface area contributed by atoms with E-state index in [9.17, 15) is 4.79 Å². The molecule has 0 radical (unpaired) electrons. The Hall–Kier alpha value is -1.20. The van der Waals surface area contributed by atoms with Gasteiger partial charge in [-0.1, -0.05) is 97.1 Å². The van der Waals surface area contributed by atoms with E-state index in [1.807, 2.05) is 30.9 Å². The normalized spacial score (nSPS) is 19.2. The Labute approximate surface area is 166 Å². The van der Waals surface area contributed by atoms with Crippen molar-refractivity contribution >= 4 is 28.4 Å². The van der Waals surface area contributed by atoms with Crippen LogP contribution in [0.15, 0.2) is 60.7 Å². The Morgan fingerprint density at radius 1 is 0.960 bits per heavy atom. The summed E-state index contributed by atoms with van der Waals surface area (Å²) in [6.07, 6.45) is 0. The van der Waals surface area contributed by atoms with Crippen LogP contribution in [-0.4, -0.2) is 28.7 Å². The van der Waals surface area contributed by atoms with Gasteiger partial charge in [0.15, 0.2) is 0 Å². The number of alkyl halides is 1. The van der Waals surface area contributed by atoms with Crippen molar-refractivity contribution in [2.45, 2.75) is 33.2 Å². The fraction of sp³-hybridized carbons (Fsp3) is 0.409. The van der Waals surface area contributed by atoms with Crippen molar-refractivity contribution in [1.82, 2.24) is 4.90 Å². The highest BCUT2D eigenvalue weighted by Crippen LogP contribution is 2.33. The first-order valence-electron chi connectivity index (χ1n) is 8.93. The molecular weight excluding hydrogens is 421 g/mol. The number of carbonyl (C=O) groups excluding carboxylic acids is 1. The number of hydrogen-bond donors (Lipinski definition) is 0. The SMILES string of the molecule is CC.CC(=O)[C@@H]1CN(Cc2ccccc2)C[C@H]1c1ccccc1.CI. The average molecular weight is 451 g/mol. The highest BCUT2D eigenvalue weighted by molar-refractivity contribution is 14.1. The molecule has 1 heterocycles. The molecule has 1 saturated heterocycles. The maximum absolute atomic E-state index is 12.0. The second kappa shape index (κ2) is 12.2. The molecule has 1 fully saturated rings. The lowest BCUT2D eigenvalue weighted by atomic mass is 9.87. The smallest absolute Gasteiger partial charge is 0.134 e. The van der Waals surface area contributed by atoms with Gasteiger partial charge < -0.3 is 0 Å². The molecule has 0 aromatic heterocycles. The van der Waals surface area contributed by atoms with Gasteiger partial charge in [-0.3, -0.25) is 9.69 Å². The summed E-state index contributed by atoms with van der Waals surface area (Å²) in [4.78, 5) is 16.4. The third kappa shape index (κ3) is 6.55. The third-order valence-corrected chi connectivity index (χ3v) is 4.39. The van der Waals surface area contributed by atoms with E-state index in [2.05, 4.69) is 76.0 Å². The molecule has 136 valence electrons. The third-order valence-electron chi connectivity index (χ3n) is 4.39. The molecular formula is C22H30INO. The van der Waals surface area contributed by atoms with Crippen LogP contribution in [0.5, 0.6) is 0 Å². The summed E-state index contributed by atoms with van der Waals surface area (Å²) < 4.78 is 0. The van der Waals surface area contributed by atoms with Crippen LogP contribution >= 0.6 is 22.6 Å². The van der Waals surface area contributed by atoms with E-state index in [1.54, 1.807) is 6.92 Å². The summed E-state index contributed by atoms with van der Waals surface area (Å²) in [5.74, 6) is 0.753. The quantitative estimate of drug-likeness (QED) is 0.448. The van der Waals surface area contributed by atoms with Crippen molar-refractivity contribution in [3.63, 3.8) is 0 Å². The van der Waals surface area contributed by atoms with E-state index in [4.69, 9.17) is 0 Å². The van der Waals surface area contributed by atoms with Gasteiger partial charge in [0.25, 0.3) is 0 Å². The fourth-order valence-electron chi connectivity index (χ4n) is 3.31. The van der Waals surface area contributed by atoms with Gasteiger partial charge in [-0.05, 0) is 23.0 Å². The lowest BCUT2D eigenvalue weighted by molar-refractivity contribution is -0.120.